The molecule has 152 valence electrons. The Morgan fingerprint density at radius 2 is 1.63 bits per heavy atom. The van der Waals surface area contributed by atoms with Crippen LogP contribution in [-0.4, -0.2) is 33.9 Å². The first kappa shape index (κ1) is 20.2. The number of benzene rings is 3. The van der Waals surface area contributed by atoms with Crippen LogP contribution in [0.3, 0.4) is 0 Å². The molecule has 4 rings (SSSR count). The Morgan fingerprint density at radius 1 is 1.00 bits per heavy atom. The van der Waals surface area contributed by atoms with Gasteiger partial charge in [0.1, 0.15) is 0 Å². The number of methoxy groups -OCH3 is 1. The van der Waals surface area contributed by atoms with Gasteiger partial charge < -0.3 is 0 Å². The van der Waals surface area contributed by atoms with Crippen LogP contribution in [-0.2, 0) is 9.59 Å². The predicted octanol–water partition coefficient (Wildman–Crippen LogP) is 3.08. The van der Waals surface area contributed by atoms with Gasteiger partial charge in [0.2, 0.25) is 0 Å². The van der Waals surface area contributed by atoms with Gasteiger partial charge in [-0.25, -0.2) is 0 Å². The summed E-state index contributed by atoms with van der Waals surface area (Å²) in [7, 11) is 1.59. The molecule has 1 fully saturated rings. The van der Waals surface area contributed by atoms with Crippen molar-refractivity contribution in [3.63, 3.8) is 0 Å². The Morgan fingerprint density at radius 3 is 2.27 bits per heavy atom. The Balaban J connectivity index is 1.65. The molecule has 2 N–H and O–H groups in total. The Kier molecular flexibility index (Phi) is 5.88. The molecule has 5 nitrogen and oxygen atoms in total. The van der Waals surface area contributed by atoms with Gasteiger partial charge >= 0.3 is 182 Å². The van der Waals surface area contributed by atoms with Gasteiger partial charge in [-0.1, -0.05) is 0 Å². The van der Waals surface area contributed by atoms with E-state index in [1.807, 2.05) is 60.7 Å². The SMILES string of the molecule is COc1ccc(NC(=O)C2([Se]c3ccccc3)CC(c3ccccc3)NC2=O)cc1. The number of rotatable bonds is 6. The first-order valence-corrected chi connectivity index (χ1v) is 11.4. The molecule has 0 radical (unpaired) electrons. The van der Waals surface area contributed by atoms with Gasteiger partial charge in [-0.15, -0.1) is 0 Å². The van der Waals surface area contributed by atoms with E-state index in [4.69, 9.17) is 4.74 Å². The molecule has 1 aliphatic heterocycles. The number of carbonyl (C=O) groups is 2. The molecule has 0 spiro atoms. The van der Waals surface area contributed by atoms with Crippen molar-refractivity contribution in [1.29, 1.82) is 0 Å². The second kappa shape index (κ2) is 8.74. The third-order valence-electron chi connectivity index (χ3n) is 5.12. The minimum absolute atomic E-state index is 0.189. The van der Waals surface area contributed by atoms with E-state index in [9.17, 15) is 9.59 Å². The molecule has 2 unspecified atom stereocenters. The van der Waals surface area contributed by atoms with Crippen LogP contribution in [0.5, 0.6) is 5.75 Å². The average molecular weight is 465 g/mol. The average Bonchev–Trinajstić information content (AvgIpc) is 3.13. The summed E-state index contributed by atoms with van der Waals surface area (Å²) in [6, 6.07) is 26.5. The second-order valence-electron chi connectivity index (χ2n) is 7.07. The second-order valence-corrected chi connectivity index (χ2v) is 9.95. The molecule has 1 heterocycles. The zero-order valence-electron chi connectivity index (χ0n) is 16.5. The summed E-state index contributed by atoms with van der Waals surface area (Å²) in [4.78, 5) is 26.7. The normalized spacial score (nSPS) is 20.4. The van der Waals surface area contributed by atoms with Crippen LogP contribution in [0, 0.1) is 0 Å². The van der Waals surface area contributed by atoms with Crippen LogP contribution in [0.15, 0.2) is 84.9 Å². The van der Waals surface area contributed by atoms with Gasteiger partial charge in [0.05, 0.1) is 0 Å². The number of anilines is 1. The first-order chi connectivity index (χ1) is 14.6. The Bertz CT molecular complexity index is 1030. The maximum atomic E-state index is 13.5. The quantitative estimate of drug-likeness (QED) is 0.435. The van der Waals surface area contributed by atoms with Crippen LogP contribution >= 0.6 is 0 Å². The molecule has 6 heteroatoms. The van der Waals surface area contributed by atoms with Gasteiger partial charge in [0, 0.05) is 0 Å². The number of amides is 2. The van der Waals surface area contributed by atoms with E-state index in [-0.39, 0.29) is 32.8 Å². The number of hydrogen-bond donors (Lipinski definition) is 2. The number of hydrogen-bond acceptors (Lipinski definition) is 3. The summed E-state index contributed by atoms with van der Waals surface area (Å²) < 4.78 is 5.06. The molecular formula is C24H22N2O3Se. The van der Waals surface area contributed by atoms with E-state index in [2.05, 4.69) is 10.6 Å². The van der Waals surface area contributed by atoms with E-state index in [1.165, 1.54) is 0 Å². The summed E-state index contributed by atoms with van der Waals surface area (Å²) >= 11 is -0.377. The standard InChI is InChI=1S/C24H22N2O3Se/c1-29-19-14-12-18(13-15-19)25-22(27)24(30-20-10-6-3-7-11-20)16-21(26-23(24)28)17-8-4-2-5-9-17/h2-15,21H,16H2,1H3,(H,25,27)(H,26,28). The van der Waals surface area contributed by atoms with Crippen LogP contribution in [0.2, 0.25) is 4.31 Å². The fraction of sp³-hybridized carbons (Fsp3) is 0.167. The van der Waals surface area contributed by atoms with Crippen LogP contribution in [0.1, 0.15) is 18.0 Å². The molecule has 0 aromatic heterocycles. The van der Waals surface area contributed by atoms with E-state index in [0.29, 0.717) is 17.9 Å². The Labute approximate surface area is 182 Å². The molecule has 2 amide bonds. The summed E-state index contributed by atoms with van der Waals surface area (Å²) in [5.74, 6) is 0.220. The summed E-state index contributed by atoms with van der Waals surface area (Å²) in [5, 5.41) is 6.02. The fourth-order valence-corrected chi connectivity index (χ4v) is 6.12. The zero-order chi connectivity index (χ0) is 21.0. The van der Waals surface area contributed by atoms with Crippen molar-refractivity contribution in [2.75, 3.05) is 12.4 Å². The third-order valence-corrected chi connectivity index (χ3v) is 8.04. The van der Waals surface area contributed by atoms with E-state index in [1.54, 1.807) is 31.4 Å². The molecule has 1 aliphatic rings. The van der Waals surface area contributed by atoms with Crippen molar-refractivity contribution in [3.05, 3.63) is 90.5 Å². The van der Waals surface area contributed by atoms with Crippen LogP contribution in [0.25, 0.3) is 0 Å². The zero-order valence-corrected chi connectivity index (χ0v) is 18.2. The van der Waals surface area contributed by atoms with Crippen LogP contribution < -0.4 is 19.8 Å². The number of ether oxygens (including phenoxy) is 1. The summed E-state index contributed by atoms with van der Waals surface area (Å²) in [5.41, 5.74) is 1.65. The van der Waals surface area contributed by atoms with Crippen molar-refractivity contribution in [1.82, 2.24) is 5.32 Å². The molecule has 0 saturated carbocycles. The van der Waals surface area contributed by atoms with Crippen molar-refractivity contribution >= 4 is 36.9 Å². The van der Waals surface area contributed by atoms with Crippen molar-refractivity contribution < 1.29 is 14.3 Å². The topological polar surface area (TPSA) is 67.4 Å². The molecule has 30 heavy (non-hydrogen) atoms. The Hall–Kier alpha value is -3.08. The first-order valence-electron chi connectivity index (χ1n) is 9.66. The van der Waals surface area contributed by atoms with E-state index >= 15 is 0 Å². The van der Waals surface area contributed by atoms with E-state index in [0.717, 1.165) is 10.0 Å². The van der Waals surface area contributed by atoms with Crippen molar-refractivity contribution in [2.24, 2.45) is 0 Å². The molecule has 0 bridgehead atoms. The fourth-order valence-electron chi connectivity index (χ4n) is 3.52. The van der Waals surface area contributed by atoms with E-state index < -0.39 is 4.31 Å². The van der Waals surface area contributed by atoms with Gasteiger partial charge in [-0.05, 0) is 0 Å². The van der Waals surface area contributed by atoms with Gasteiger partial charge in [-0.2, -0.15) is 0 Å². The van der Waals surface area contributed by atoms with Crippen molar-refractivity contribution in [3.8, 4) is 5.75 Å². The molecule has 1 saturated heterocycles. The molecule has 2 atom stereocenters. The molecule has 3 aromatic carbocycles. The van der Waals surface area contributed by atoms with Gasteiger partial charge in [0.25, 0.3) is 0 Å². The maximum absolute atomic E-state index is 13.5. The summed E-state index contributed by atoms with van der Waals surface area (Å²) in [6.07, 6.45) is 0.423. The number of nitrogens with one attached hydrogen (secondary N) is 2. The van der Waals surface area contributed by atoms with Crippen molar-refractivity contribution in [2.45, 2.75) is 16.8 Å². The monoisotopic (exact) mass is 466 g/mol. The minimum atomic E-state index is -1.13. The van der Waals surface area contributed by atoms with Crippen LogP contribution in [0.4, 0.5) is 5.69 Å². The molecule has 3 aromatic rings. The number of carbonyl (C=O) groups excluding carboxylic acids is 2. The van der Waals surface area contributed by atoms with Gasteiger partial charge in [0.15, 0.2) is 0 Å². The third kappa shape index (κ3) is 4.11. The predicted molar refractivity (Wildman–Crippen MR) is 118 cm³/mol. The summed E-state index contributed by atoms with van der Waals surface area (Å²) in [6.45, 7) is 0. The molecular weight excluding hydrogens is 443 g/mol. The van der Waals surface area contributed by atoms with Gasteiger partial charge in [-0.3, -0.25) is 0 Å². The molecule has 0 aliphatic carbocycles.